The van der Waals surface area contributed by atoms with Crippen molar-refractivity contribution in [2.75, 3.05) is 18.9 Å². The highest BCUT2D eigenvalue weighted by Crippen LogP contribution is 2.25. The Kier molecular flexibility index (Phi) is 6.30. The third-order valence-electron chi connectivity index (χ3n) is 2.61. The first-order valence-electron chi connectivity index (χ1n) is 6.01. The highest BCUT2D eigenvalue weighted by atomic mass is 35.5. The third kappa shape index (κ3) is 4.75. The second kappa shape index (κ2) is 7.49. The summed E-state index contributed by atoms with van der Waals surface area (Å²) in [5.74, 6) is 0. The molecule has 100 valence electrons. The minimum absolute atomic E-state index is 0.135. The van der Waals surface area contributed by atoms with E-state index in [-0.39, 0.29) is 6.03 Å². The molecule has 0 bridgehead atoms. The molecule has 0 heterocycles. The van der Waals surface area contributed by atoms with Crippen molar-refractivity contribution in [2.24, 2.45) is 0 Å². The number of carbonyl (C=O) groups is 1. The lowest BCUT2D eigenvalue weighted by atomic mass is 10.2. The quantitative estimate of drug-likeness (QED) is 0.786. The molecule has 0 atom stereocenters. The molecule has 0 aliphatic heterocycles. The van der Waals surface area contributed by atoms with Crippen LogP contribution >= 0.6 is 23.2 Å². The van der Waals surface area contributed by atoms with Gasteiger partial charge < -0.3 is 10.2 Å². The molecule has 0 aromatic heterocycles. The molecule has 0 saturated heterocycles. The van der Waals surface area contributed by atoms with Crippen molar-refractivity contribution in [3.05, 3.63) is 28.2 Å². The Morgan fingerprint density at radius 2 is 2.00 bits per heavy atom. The summed E-state index contributed by atoms with van der Waals surface area (Å²) in [6.45, 7) is 2.89. The van der Waals surface area contributed by atoms with E-state index in [9.17, 15) is 4.79 Å². The molecule has 0 radical (unpaired) electrons. The highest BCUT2D eigenvalue weighted by Gasteiger charge is 2.09. The maximum atomic E-state index is 11.8. The summed E-state index contributed by atoms with van der Waals surface area (Å²) >= 11 is 11.7. The van der Waals surface area contributed by atoms with Gasteiger partial charge in [0.15, 0.2) is 0 Å². The lowest BCUT2D eigenvalue weighted by molar-refractivity contribution is 0.221. The molecule has 0 fully saturated rings. The van der Waals surface area contributed by atoms with Crippen molar-refractivity contribution in [3.8, 4) is 0 Å². The van der Waals surface area contributed by atoms with Gasteiger partial charge in [0.25, 0.3) is 0 Å². The van der Waals surface area contributed by atoms with Crippen molar-refractivity contribution in [1.29, 1.82) is 0 Å². The van der Waals surface area contributed by atoms with Crippen LogP contribution in [0, 0.1) is 0 Å². The summed E-state index contributed by atoms with van der Waals surface area (Å²) < 4.78 is 0. The first-order valence-corrected chi connectivity index (χ1v) is 6.77. The maximum Gasteiger partial charge on any atom is 0.321 e. The molecule has 3 nitrogen and oxygen atoms in total. The normalized spacial score (nSPS) is 10.2. The van der Waals surface area contributed by atoms with Crippen molar-refractivity contribution >= 4 is 34.9 Å². The van der Waals surface area contributed by atoms with Crippen LogP contribution in [0.15, 0.2) is 18.2 Å². The van der Waals surface area contributed by atoms with Gasteiger partial charge in [-0.1, -0.05) is 43.0 Å². The van der Waals surface area contributed by atoms with Gasteiger partial charge in [-0.05, 0) is 24.6 Å². The fraction of sp³-hybridized carbons (Fsp3) is 0.462. The summed E-state index contributed by atoms with van der Waals surface area (Å²) in [6, 6.07) is 4.90. The summed E-state index contributed by atoms with van der Waals surface area (Å²) in [5, 5.41) is 3.69. The number of hydrogen-bond acceptors (Lipinski definition) is 1. The monoisotopic (exact) mass is 288 g/mol. The zero-order valence-corrected chi connectivity index (χ0v) is 12.2. The summed E-state index contributed by atoms with van der Waals surface area (Å²) in [7, 11) is 1.78. The first-order chi connectivity index (χ1) is 8.54. The standard InChI is InChI=1S/C13H18Cl2N2O/c1-3-4-5-8-17(2)13(18)16-10-6-7-11(14)12(15)9-10/h6-7,9H,3-5,8H2,1-2H3,(H,16,18). The number of rotatable bonds is 5. The maximum absolute atomic E-state index is 11.8. The van der Waals surface area contributed by atoms with Crippen molar-refractivity contribution in [2.45, 2.75) is 26.2 Å². The fourth-order valence-electron chi connectivity index (χ4n) is 1.49. The van der Waals surface area contributed by atoms with Crippen LogP contribution in [0.4, 0.5) is 10.5 Å². The molecule has 0 aliphatic rings. The molecule has 0 unspecified atom stereocenters. The summed E-state index contributed by atoms with van der Waals surface area (Å²) in [5.41, 5.74) is 0.650. The molecule has 1 rings (SSSR count). The number of halogens is 2. The van der Waals surface area contributed by atoms with Gasteiger partial charge in [-0.2, -0.15) is 0 Å². The van der Waals surface area contributed by atoms with Crippen LogP contribution in [0.5, 0.6) is 0 Å². The molecular formula is C13H18Cl2N2O. The second-order valence-electron chi connectivity index (χ2n) is 4.19. The average Bonchev–Trinajstić information content (AvgIpc) is 2.34. The van der Waals surface area contributed by atoms with Gasteiger partial charge in [0.2, 0.25) is 0 Å². The SMILES string of the molecule is CCCCCN(C)C(=O)Nc1ccc(Cl)c(Cl)c1. The van der Waals surface area contributed by atoms with Crippen LogP contribution in [-0.2, 0) is 0 Å². The number of benzene rings is 1. The minimum Gasteiger partial charge on any atom is -0.328 e. The van der Waals surface area contributed by atoms with E-state index < -0.39 is 0 Å². The topological polar surface area (TPSA) is 32.3 Å². The Bertz CT molecular complexity index is 410. The van der Waals surface area contributed by atoms with Crippen LogP contribution in [-0.4, -0.2) is 24.5 Å². The fourth-order valence-corrected chi connectivity index (χ4v) is 1.79. The van der Waals surface area contributed by atoms with Gasteiger partial charge in [-0.25, -0.2) is 4.79 Å². The number of urea groups is 1. The predicted octanol–water partition coefficient (Wildman–Crippen LogP) is 4.65. The average molecular weight is 289 g/mol. The van der Waals surface area contributed by atoms with Crippen molar-refractivity contribution < 1.29 is 4.79 Å². The number of carbonyl (C=O) groups excluding carboxylic acids is 1. The zero-order chi connectivity index (χ0) is 13.5. The molecule has 0 aliphatic carbocycles. The van der Waals surface area contributed by atoms with Crippen LogP contribution < -0.4 is 5.32 Å². The second-order valence-corrected chi connectivity index (χ2v) is 5.00. The molecular weight excluding hydrogens is 271 g/mol. The molecule has 1 aromatic rings. The van der Waals surface area contributed by atoms with Crippen molar-refractivity contribution in [1.82, 2.24) is 4.90 Å². The number of nitrogens with one attached hydrogen (secondary N) is 1. The van der Waals surface area contributed by atoms with Crippen molar-refractivity contribution in [3.63, 3.8) is 0 Å². The van der Waals surface area contributed by atoms with Gasteiger partial charge in [-0.15, -0.1) is 0 Å². The molecule has 1 aromatic carbocycles. The van der Waals surface area contributed by atoms with E-state index in [1.165, 1.54) is 0 Å². The van der Waals surface area contributed by atoms with E-state index in [0.717, 1.165) is 25.8 Å². The van der Waals surface area contributed by atoms with Crippen LogP contribution in [0.2, 0.25) is 10.0 Å². The van der Waals surface area contributed by atoms with Gasteiger partial charge in [0.05, 0.1) is 10.0 Å². The van der Waals surface area contributed by atoms with Gasteiger partial charge in [-0.3, -0.25) is 0 Å². The molecule has 0 saturated carbocycles. The minimum atomic E-state index is -0.135. The Balaban J connectivity index is 2.50. The Morgan fingerprint density at radius 3 is 2.61 bits per heavy atom. The molecule has 2 amide bonds. The van der Waals surface area contributed by atoms with Gasteiger partial charge in [0.1, 0.15) is 0 Å². The Labute approximate surface area is 118 Å². The summed E-state index contributed by atoms with van der Waals surface area (Å²) in [4.78, 5) is 13.5. The molecule has 18 heavy (non-hydrogen) atoms. The number of amides is 2. The van der Waals surface area contributed by atoms with E-state index in [0.29, 0.717) is 15.7 Å². The molecule has 1 N–H and O–H groups in total. The number of unbranched alkanes of at least 4 members (excludes halogenated alkanes) is 2. The van der Waals surface area contributed by atoms with E-state index >= 15 is 0 Å². The van der Waals surface area contributed by atoms with Gasteiger partial charge in [0, 0.05) is 19.3 Å². The van der Waals surface area contributed by atoms with Gasteiger partial charge >= 0.3 is 6.03 Å². The number of anilines is 1. The van der Waals surface area contributed by atoms with Crippen LogP contribution in [0.3, 0.4) is 0 Å². The molecule has 0 spiro atoms. The smallest absolute Gasteiger partial charge is 0.321 e. The van der Waals surface area contributed by atoms with E-state index in [1.807, 2.05) is 0 Å². The first kappa shape index (κ1) is 15.1. The summed E-state index contributed by atoms with van der Waals surface area (Å²) in [6.07, 6.45) is 3.29. The Hall–Kier alpha value is -0.930. The lowest BCUT2D eigenvalue weighted by Gasteiger charge is -2.17. The number of nitrogens with zero attached hydrogens (tertiary/aromatic N) is 1. The third-order valence-corrected chi connectivity index (χ3v) is 3.35. The number of hydrogen-bond donors (Lipinski definition) is 1. The predicted molar refractivity (Wildman–Crippen MR) is 77.6 cm³/mol. The lowest BCUT2D eigenvalue weighted by Crippen LogP contribution is -2.32. The van der Waals surface area contributed by atoms with Crippen LogP contribution in [0.25, 0.3) is 0 Å². The Morgan fingerprint density at radius 1 is 1.28 bits per heavy atom. The van der Waals surface area contributed by atoms with E-state index in [4.69, 9.17) is 23.2 Å². The van der Waals surface area contributed by atoms with Crippen LogP contribution in [0.1, 0.15) is 26.2 Å². The highest BCUT2D eigenvalue weighted by molar-refractivity contribution is 6.42. The zero-order valence-electron chi connectivity index (χ0n) is 10.7. The molecule has 5 heteroatoms. The van der Waals surface area contributed by atoms with E-state index in [2.05, 4.69) is 12.2 Å². The largest absolute Gasteiger partial charge is 0.328 e. The van der Waals surface area contributed by atoms with E-state index in [1.54, 1.807) is 30.1 Å².